The van der Waals surface area contributed by atoms with Crippen LogP contribution in [0, 0.1) is 6.92 Å². The zero-order chi connectivity index (χ0) is 14.8. The fourth-order valence-electron chi connectivity index (χ4n) is 2.39. The van der Waals surface area contributed by atoms with Crippen molar-refractivity contribution in [2.24, 2.45) is 0 Å². The molecule has 3 rings (SSSR count). The number of nitrogens with zero attached hydrogens (tertiary/aromatic N) is 3. The van der Waals surface area contributed by atoms with Crippen LogP contribution in [-0.4, -0.2) is 27.2 Å². The Kier molecular flexibility index (Phi) is 3.44. The molecule has 21 heavy (non-hydrogen) atoms. The number of fused-ring (bicyclic) bond motifs is 1. The van der Waals surface area contributed by atoms with Crippen molar-refractivity contribution in [1.29, 1.82) is 0 Å². The van der Waals surface area contributed by atoms with E-state index in [1.165, 1.54) is 0 Å². The first-order chi connectivity index (χ1) is 10.1. The number of carbonyl (C=O) groups is 1. The fraction of sp³-hybridized carbons (Fsp3) is 0.176. The summed E-state index contributed by atoms with van der Waals surface area (Å²) >= 11 is 0. The highest BCUT2D eigenvalue weighted by Crippen LogP contribution is 2.11. The molecule has 0 aliphatic carbocycles. The van der Waals surface area contributed by atoms with Gasteiger partial charge in [-0.15, -0.1) is 0 Å². The average Bonchev–Trinajstić information content (AvgIpc) is 2.86. The quantitative estimate of drug-likeness (QED) is 0.739. The van der Waals surface area contributed by atoms with Gasteiger partial charge in [-0.25, -0.2) is 4.98 Å². The van der Waals surface area contributed by atoms with Crippen molar-refractivity contribution in [2.75, 3.05) is 7.05 Å². The summed E-state index contributed by atoms with van der Waals surface area (Å²) < 4.78 is 1.89. The van der Waals surface area contributed by atoms with Crippen LogP contribution in [0.15, 0.2) is 54.9 Å². The second kappa shape index (κ2) is 5.40. The van der Waals surface area contributed by atoms with Gasteiger partial charge < -0.3 is 9.30 Å². The molecule has 0 atom stereocenters. The number of benzene rings is 1. The van der Waals surface area contributed by atoms with E-state index in [0.717, 1.165) is 16.9 Å². The Morgan fingerprint density at radius 1 is 1.14 bits per heavy atom. The van der Waals surface area contributed by atoms with Crippen molar-refractivity contribution in [3.8, 4) is 0 Å². The molecule has 3 aromatic rings. The topological polar surface area (TPSA) is 37.6 Å². The van der Waals surface area contributed by atoms with Gasteiger partial charge in [0.15, 0.2) is 0 Å². The average molecular weight is 279 g/mol. The standard InChI is InChI=1S/C17H17N3O/c1-13-10-20-12-15(8-9-16(20)18-13)17(21)19(2)11-14-6-4-3-5-7-14/h3-10,12H,11H2,1-2H3. The summed E-state index contributed by atoms with van der Waals surface area (Å²) in [6, 6.07) is 13.7. The van der Waals surface area contributed by atoms with Crippen molar-refractivity contribution < 1.29 is 4.79 Å². The number of aryl methyl sites for hydroxylation is 1. The van der Waals surface area contributed by atoms with Crippen LogP contribution in [0.1, 0.15) is 21.6 Å². The van der Waals surface area contributed by atoms with Crippen LogP contribution >= 0.6 is 0 Å². The molecule has 0 bridgehead atoms. The van der Waals surface area contributed by atoms with Gasteiger partial charge in [0.05, 0.1) is 11.3 Å². The van der Waals surface area contributed by atoms with E-state index < -0.39 is 0 Å². The molecule has 106 valence electrons. The summed E-state index contributed by atoms with van der Waals surface area (Å²) in [7, 11) is 1.82. The lowest BCUT2D eigenvalue weighted by Crippen LogP contribution is -2.26. The first kappa shape index (κ1) is 13.4. The van der Waals surface area contributed by atoms with Crippen molar-refractivity contribution in [1.82, 2.24) is 14.3 Å². The Labute approximate surface area is 123 Å². The Bertz CT molecular complexity index is 777. The minimum absolute atomic E-state index is 0.00658. The van der Waals surface area contributed by atoms with Gasteiger partial charge in [0.2, 0.25) is 0 Å². The highest BCUT2D eigenvalue weighted by molar-refractivity contribution is 5.94. The van der Waals surface area contributed by atoms with E-state index in [9.17, 15) is 4.79 Å². The van der Waals surface area contributed by atoms with Gasteiger partial charge in [-0.2, -0.15) is 0 Å². The lowest BCUT2D eigenvalue weighted by Gasteiger charge is -2.17. The zero-order valence-electron chi connectivity index (χ0n) is 12.2. The summed E-state index contributed by atoms with van der Waals surface area (Å²) in [5, 5.41) is 0. The molecule has 0 radical (unpaired) electrons. The summed E-state index contributed by atoms with van der Waals surface area (Å²) in [4.78, 5) is 18.6. The number of rotatable bonds is 3. The maximum atomic E-state index is 12.5. The van der Waals surface area contributed by atoms with Gasteiger partial charge in [0.25, 0.3) is 5.91 Å². The van der Waals surface area contributed by atoms with Gasteiger partial charge in [0, 0.05) is 26.0 Å². The van der Waals surface area contributed by atoms with E-state index in [4.69, 9.17) is 0 Å². The molecule has 2 heterocycles. The highest BCUT2D eigenvalue weighted by atomic mass is 16.2. The molecular weight excluding hydrogens is 262 g/mol. The molecule has 0 spiro atoms. The Hall–Kier alpha value is -2.62. The predicted molar refractivity (Wildman–Crippen MR) is 82.2 cm³/mol. The smallest absolute Gasteiger partial charge is 0.255 e. The minimum Gasteiger partial charge on any atom is -0.337 e. The molecule has 0 aliphatic rings. The molecular formula is C17H17N3O. The number of imidazole rings is 1. The summed E-state index contributed by atoms with van der Waals surface area (Å²) in [5.41, 5.74) is 3.58. The molecule has 0 fully saturated rings. The lowest BCUT2D eigenvalue weighted by atomic mass is 10.2. The number of hydrogen-bond acceptors (Lipinski definition) is 2. The maximum absolute atomic E-state index is 12.5. The summed E-state index contributed by atoms with van der Waals surface area (Å²) in [6.07, 6.45) is 3.75. The molecule has 4 nitrogen and oxygen atoms in total. The molecule has 0 saturated heterocycles. The summed E-state index contributed by atoms with van der Waals surface area (Å²) in [5.74, 6) is 0.00658. The van der Waals surface area contributed by atoms with Crippen molar-refractivity contribution in [3.63, 3.8) is 0 Å². The van der Waals surface area contributed by atoms with Gasteiger partial charge in [-0.05, 0) is 24.6 Å². The Balaban J connectivity index is 1.82. The van der Waals surface area contributed by atoms with Gasteiger partial charge in [-0.3, -0.25) is 4.79 Å². The molecule has 1 aromatic carbocycles. The van der Waals surface area contributed by atoms with Crippen LogP contribution in [-0.2, 0) is 6.54 Å². The van der Waals surface area contributed by atoms with Gasteiger partial charge >= 0.3 is 0 Å². The molecule has 0 unspecified atom stereocenters. The fourth-order valence-corrected chi connectivity index (χ4v) is 2.39. The zero-order valence-corrected chi connectivity index (χ0v) is 12.2. The third kappa shape index (κ3) is 2.79. The Morgan fingerprint density at radius 2 is 1.90 bits per heavy atom. The van der Waals surface area contributed by atoms with E-state index >= 15 is 0 Å². The molecule has 0 N–H and O–H groups in total. The number of hydrogen-bond donors (Lipinski definition) is 0. The van der Waals surface area contributed by atoms with E-state index in [-0.39, 0.29) is 5.91 Å². The minimum atomic E-state index is 0.00658. The van der Waals surface area contributed by atoms with Crippen LogP contribution in [0.3, 0.4) is 0 Å². The third-order valence-corrected chi connectivity index (χ3v) is 3.43. The Morgan fingerprint density at radius 3 is 2.67 bits per heavy atom. The molecule has 1 amide bonds. The SMILES string of the molecule is Cc1cn2cc(C(=O)N(C)Cc3ccccc3)ccc2n1. The van der Waals surface area contributed by atoms with Crippen molar-refractivity contribution in [3.05, 3.63) is 71.7 Å². The molecule has 0 aliphatic heterocycles. The van der Waals surface area contributed by atoms with E-state index in [2.05, 4.69) is 4.98 Å². The molecule has 2 aromatic heterocycles. The van der Waals surface area contributed by atoms with Crippen molar-refractivity contribution in [2.45, 2.75) is 13.5 Å². The van der Waals surface area contributed by atoms with Crippen LogP contribution < -0.4 is 0 Å². The normalized spacial score (nSPS) is 10.8. The third-order valence-electron chi connectivity index (χ3n) is 3.43. The second-order valence-electron chi connectivity index (χ2n) is 5.21. The predicted octanol–water partition coefficient (Wildman–Crippen LogP) is 2.91. The van der Waals surface area contributed by atoms with Crippen LogP contribution in [0.4, 0.5) is 0 Å². The van der Waals surface area contributed by atoms with E-state index in [1.54, 1.807) is 4.90 Å². The first-order valence-corrected chi connectivity index (χ1v) is 6.88. The lowest BCUT2D eigenvalue weighted by molar-refractivity contribution is 0.0784. The van der Waals surface area contributed by atoms with E-state index in [0.29, 0.717) is 12.1 Å². The molecule has 4 heteroatoms. The van der Waals surface area contributed by atoms with Crippen LogP contribution in [0.5, 0.6) is 0 Å². The summed E-state index contributed by atoms with van der Waals surface area (Å²) in [6.45, 7) is 2.54. The molecule has 0 saturated carbocycles. The first-order valence-electron chi connectivity index (χ1n) is 6.88. The van der Waals surface area contributed by atoms with Gasteiger partial charge in [-0.1, -0.05) is 30.3 Å². The van der Waals surface area contributed by atoms with Gasteiger partial charge in [0.1, 0.15) is 5.65 Å². The highest BCUT2D eigenvalue weighted by Gasteiger charge is 2.13. The van der Waals surface area contributed by atoms with Crippen molar-refractivity contribution >= 4 is 11.6 Å². The number of carbonyl (C=O) groups excluding carboxylic acids is 1. The van der Waals surface area contributed by atoms with Crippen LogP contribution in [0.2, 0.25) is 0 Å². The maximum Gasteiger partial charge on any atom is 0.255 e. The second-order valence-corrected chi connectivity index (χ2v) is 5.21. The number of pyridine rings is 1. The largest absolute Gasteiger partial charge is 0.337 e. The van der Waals surface area contributed by atoms with E-state index in [1.807, 2.05) is 73.2 Å². The number of amides is 1. The number of aromatic nitrogens is 2. The monoisotopic (exact) mass is 279 g/mol. The van der Waals surface area contributed by atoms with Crippen LogP contribution in [0.25, 0.3) is 5.65 Å².